The van der Waals surface area contributed by atoms with Crippen LogP contribution in [0.2, 0.25) is 0 Å². The lowest BCUT2D eigenvalue weighted by molar-refractivity contribution is 0.102. The minimum absolute atomic E-state index is 0.191. The van der Waals surface area contributed by atoms with Crippen molar-refractivity contribution in [1.82, 2.24) is 15.5 Å². The molecule has 0 radical (unpaired) electrons. The molecule has 1 heterocycles. The Morgan fingerprint density at radius 1 is 1.07 bits per heavy atom. The monoisotopic (exact) mass is 441 g/mol. The fourth-order valence-electron chi connectivity index (χ4n) is 3.18. The Bertz CT molecular complexity index is 912. The van der Waals surface area contributed by atoms with Crippen molar-refractivity contribution in [2.45, 2.75) is 49.5 Å². The van der Waals surface area contributed by atoms with Crippen molar-refractivity contribution < 1.29 is 17.1 Å². The molecule has 8 nitrogen and oxygen atoms in total. The smallest absolute Gasteiger partial charge is 0.332 e. The van der Waals surface area contributed by atoms with Gasteiger partial charge in [0.25, 0.3) is 5.91 Å². The molecule has 158 valence electrons. The fourth-order valence-corrected chi connectivity index (χ4v) is 4.31. The summed E-state index contributed by atoms with van der Waals surface area (Å²) in [6, 6.07) is 5.20. The molecular weight excluding hydrogens is 417 g/mol. The maximum Gasteiger partial charge on any atom is 0.332 e. The number of halogens is 1. The van der Waals surface area contributed by atoms with Gasteiger partial charge in [-0.3, -0.25) is 10.1 Å². The Labute approximate surface area is 173 Å². The van der Waals surface area contributed by atoms with Crippen LogP contribution in [0, 0.1) is 0 Å². The molecule has 0 unspecified atom stereocenters. The van der Waals surface area contributed by atoms with E-state index in [2.05, 4.69) is 26.1 Å². The summed E-state index contributed by atoms with van der Waals surface area (Å²) in [6.07, 6.45) is 7.46. The minimum Gasteiger partial charge on any atom is -0.360 e. The third-order valence-electron chi connectivity index (χ3n) is 4.71. The van der Waals surface area contributed by atoms with Crippen molar-refractivity contribution in [2.24, 2.45) is 0 Å². The van der Waals surface area contributed by atoms with Crippen molar-refractivity contribution in [3.05, 3.63) is 29.8 Å². The van der Waals surface area contributed by atoms with E-state index in [4.69, 9.17) is 0 Å². The molecule has 2 aromatic rings. The van der Waals surface area contributed by atoms with Gasteiger partial charge in [0.2, 0.25) is 10.3 Å². The second-order valence-electron chi connectivity index (χ2n) is 6.90. The topological polar surface area (TPSA) is 113 Å². The first-order chi connectivity index (χ1) is 13.9. The van der Waals surface area contributed by atoms with Gasteiger partial charge >= 0.3 is 10.2 Å². The number of anilines is 2. The molecule has 1 aliphatic rings. The van der Waals surface area contributed by atoms with Crippen LogP contribution in [0.25, 0.3) is 0 Å². The second-order valence-corrected chi connectivity index (χ2v) is 9.22. The number of rotatable bonds is 9. The molecule has 1 saturated carbocycles. The van der Waals surface area contributed by atoms with Crippen molar-refractivity contribution in [3.63, 3.8) is 0 Å². The third kappa shape index (κ3) is 6.72. The highest BCUT2D eigenvalue weighted by Gasteiger charge is 2.15. The largest absolute Gasteiger partial charge is 0.360 e. The number of nitrogens with zero attached hydrogens (tertiary/aromatic N) is 2. The van der Waals surface area contributed by atoms with Crippen LogP contribution in [0.4, 0.5) is 14.1 Å². The summed E-state index contributed by atoms with van der Waals surface area (Å²) < 4.78 is 34.5. The molecule has 1 amide bonds. The fraction of sp³-hybridized carbons (Fsp3) is 0.500. The van der Waals surface area contributed by atoms with E-state index in [9.17, 15) is 17.1 Å². The lowest BCUT2D eigenvalue weighted by atomic mass is 9.95. The normalized spacial score (nSPS) is 15.2. The number of hydrogen-bond donors (Lipinski definition) is 3. The summed E-state index contributed by atoms with van der Waals surface area (Å²) in [5.74, 6) is -0.479. The van der Waals surface area contributed by atoms with E-state index in [0.717, 1.165) is 31.6 Å². The standard InChI is InChI=1S/C18H24FN5O3S2/c19-29(26,27)15-9-7-13(8-10-15)16(25)22-18-24-23-17(28-18)21-12-4-11-20-14-5-2-1-3-6-14/h7-10,14,20H,1-6,11-12H2,(H,21,23)(H,22,24,25). The Hall–Kier alpha value is -2.11. The lowest BCUT2D eigenvalue weighted by Crippen LogP contribution is -2.32. The van der Waals surface area contributed by atoms with Crippen molar-refractivity contribution in [1.29, 1.82) is 0 Å². The first-order valence-corrected chi connectivity index (χ1v) is 11.8. The molecule has 3 N–H and O–H groups in total. The van der Waals surface area contributed by atoms with Gasteiger partial charge in [0.05, 0.1) is 4.90 Å². The van der Waals surface area contributed by atoms with Gasteiger partial charge in [-0.2, -0.15) is 8.42 Å². The summed E-state index contributed by atoms with van der Waals surface area (Å²) in [5.41, 5.74) is 0.191. The Morgan fingerprint density at radius 3 is 2.45 bits per heavy atom. The Morgan fingerprint density at radius 2 is 1.76 bits per heavy atom. The van der Waals surface area contributed by atoms with Crippen LogP contribution < -0.4 is 16.0 Å². The zero-order chi connectivity index (χ0) is 20.7. The molecule has 0 bridgehead atoms. The van der Waals surface area contributed by atoms with E-state index < -0.39 is 21.0 Å². The number of nitrogens with one attached hydrogen (secondary N) is 3. The van der Waals surface area contributed by atoms with E-state index in [1.807, 2.05) is 0 Å². The predicted octanol–water partition coefficient (Wildman–Crippen LogP) is 3.17. The summed E-state index contributed by atoms with van der Waals surface area (Å²) in [6.45, 7) is 1.70. The molecule has 0 saturated heterocycles. The van der Waals surface area contributed by atoms with Crippen molar-refractivity contribution in [3.8, 4) is 0 Å². The van der Waals surface area contributed by atoms with Crippen LogP contribution in [0.1, 0.15) is 48.9 Å². The van der Waals surface area contributed by atoms with Crippen LogP contribution in [-0.2, 0) is 10.2 Å². The Balaban J connectivity index is 1.40. The van der Waals surface area contributed by atoms with E-state index in [1.54, 1.807) is 0 Å². The van der Waals surface area contributed by atoms with Crippen LogP contribution >= 0.6 is 11.3 Å². The van der Waals surface area contributed by atoms with Gasteiger partial charge in [-0.05, 0) is 50.1 Å². The summed E-state index contributed by atoms with van der Waals surface area (Å²) >= 11 is 1.21. The maximum absolute atomic E-state index is 12.9. The molecule has 11 heteroatoms. The van der Waals surface area contributed by atoms with Crippen molar-refractivity contribution >= 4 is 37.7 Å². The number of carbonyl (C=O) groups excluding carboxylic acids is 1. The number of carbonyl (C=O) groups is 1. The summed E-state index contributed by atoms with van der Waals surface area (Å²) in [7, 11) is -4.79. The number of aromatic nitrogens is 2. The van der Waals surface area contributed by atoms with Gasteiger partial charge in [-0.1, -0.05) is 30.6 Å². The number of amides is 1. The highest BCUT2D eigenvalue weighted by Crippen LogP contribution is 2.21. The second kappa shape index (κ2) is 10.1. The van der Waals surface area contributed by atoms with Crippen LogP contribution in [0.15, 0.2) is 29.2 Å². The van der Waals surface area contributed by atoms with Crippen LogP contribution in [0.3, 0.4) is 0 Å². The van der Waals surface area contributed by atoms with Gasteiger partial charge < -0.3 is 10.6 Å². The predicted molar refractivity (Wildman–Crippen MR) is 111 cm³/mol. The number of hydrogen-bond acceptors (Lipinski definition) is 8. The first-order valence-electron chi connectivity index (χ1n) is 9.58. The molecule has 1 aromatic heterocycles. The number of benzene rings is 1. The average molecular weight is 442 g/mol. The van der Waals surface area contributed by atoms with Crippen LogP contribution in [0.5, 0.6) is 0 Å². The average Bonchev–Trinajstić information content (AvgIpc) is 3.15. The van der Waals surface area contributed by atoms with Gasteiger partial charge in [0.15, 0.2) is 0 Å². The summed E-state index contributed by atoms with van der Waals surface area (Å²) in [4.78, 5) is 11.7. The minimum atomic E-state index is -4.79. The van der Waals surface area contributed by atoms with Gasteiger partial charge in [-0.15, -0.1) is 14.1 Å². The Kier molecular flexibility index (Phi) is 7.51. The van der Waals surface area contributed by atoms with Crippen LogP contribution in [-0.4, -0.2) is 43.7 Å². The SMILES string of the molecule is O=C(Nc1nnc(NCCCNC2CCCCC2)s1)c1ccc(S(=O)(=O)F)cc1. The zero-order valence-corrected chi connectivity index (χ0v) is 17.5. The molecule has 1 fully saturated rings. The highest BCUT2D eigenvalue weighted by molar-refractivity contribution is 7.86. The maximum atomic E-state index is 12.9. The molecular formula is C18H24FN5O3S2. The van der Waals surface area contributed by atoms with E-state index in [1.165, 1.54) is 55.6 Å². The van der Waals surface area contributed by atoms with Gasteiger partial charge in [0.1, 0.15) is 0 Å². The lowest BCUT2D eigenvalue weighted by Gasteiger charge is -2.22. The molecule has 3 rings (SSSR count). The third-order valence-corrected chi connectivity index (χ3v) is 6.34. The summed E-state index contributed by atoms with van der Waals surface area (Å²) in [5, 5.41) is 18.2. The molecule has 0 spiro atoms. The van der Waals surface area contributed by atoms with E-state index >= 15 is 0 Å². The van der Waals surface area contributed by atoms with Gasteiger partial charge in [-0.25, -0.2) is 0 Å². The van der Waals surface area contributed by atoms with Gasteiger partial charge in [0, 0.05) is 18.2 Å². The molecule has 0 atom stereocenters. The molecule has 0 aliphatic heterocycles. The quantitative estimate of drug-likeness (QED) is 0.405. The van der Waals surface area contributed by atoms with E-state index in [-0.39, 0.29) is 5.56 Å². The molecule has 1 aromatic carbocycles. The zero-order valence-electron chi connectivity index (χ0n) is 15.9. The van der Waals surface area contributed by atoms with E-state index in [0.29, 0.717) is 16.3 Å². The highest BCUT2D eigenvalue weighted by atomic mass is 32.3. The first kappa shape index (κ1) is 21.6. The van der Waals surface area contributed by atoms with Crippen molar-refractivity contribution in [2.75, 3.05) is 23.7 Å². The molecule has 29 heavy (non-hydrogen) atoms. The molecule has 1 aliphatic carbocycles.